The molecule has 1 aromatic rings. The van der Waals surface area contributed by atoms with Gasteiger partial charge in [0.05, 0.1) is 0 Å². The Morgan fingerprint density at radius 2 is 2.14 bits per heavy atom. The first-order valence-electron chi connectivity index (χ1n) is 8.23. The van der Waals surface area contributed by atoms with E-state index in [2.05, 4.69) is 34.1 Å². The molecular formula is C17H28N4O. The Kier molecular flexibility index (Phi) is 6.80. The van der Waals surface area contributed by atoms with Gasteiger partial charge in [0.25, 0.3) is 0 Å². The Labute approximate surface area is 133 Å². The molecule has 0 aromatic carbocycles. The van der Waals surface area contributed by atoms with E-state index in [0.29, 0.717) is 19.0 Å². The summed E-state index contributed by atoms with van der Waals surface area (Å²) in [5, 5.41) is 3.00. The monoisotopic (exact) mass is 304 g/mol. The maximum absolute atomic E-state index is 11.9. The molecule has 2 heterocycles. The van der Waals surface area contributed by atoms with E-state index < -0.39 is 0 Å². The van der Waals surface area contributed by atoms with Crippen LogP contribution in [0.2, 0.25) is 0 Å². The normalized spacial score (nSPS) is 18.1. The number of amides is 1. The lowest BCUT2D eigenvalue weighted by atomic mass is 10.1. The van der Waals surface area contributed by atoms with Crippen LogP contribution in [0.15, 0.2) is 24.5 Å². The molecule has 1 aliphatic heterocycles. The van der Waals surface area contributed by atoms with E-state index in [1.807, 2.05) is 18.3 Å². The van der Waals surface area contributed by atoms with Crippen LogP contribution in [0.4, 0.5) is 0 Å². The minimum absolute atomic E-state index is 0.157. The second kappa shape index (κ2) is 8.86. The minimum Gasteiger partial charge on any atom is -0.356 e. The van der Waals surface area contributed by atoms with Crippen molar-refractivity contribution in [3.63, 3.8) is 0 Å². The molecule has 0 spiro atoms. The van der Waals surface area contributed by atoms with Crippen LogP contribution in [0, 0.1) is 0 Å². The summed E-state index contributed by atoms with van der Waals surface area (Å²) in [6.07, 6.45) is 6.00. The molecule has 0 aliphatic carbocycles. The van der Waals surface area contributed by atoms with Crippen molar-refractivity contribution in [1.82, 2.24) is 20.1 Å². The van der Waals surface area contributed by atoms with Gasteiger partial charge in [0, 0.05) is 57.6 Å². The molecule has 1 aromatic heterocycles. The van der Waals surface area contributed by atoms with Crippen molar-refractivity contribution >= 4 is 5.91 Å². The number of pyridine rings is 1. The molecule has 1 amide bonds. The molecule has 0 bridgehead atoms. The summed E-state index contributed by atoms with van der Waals surface area (Å²) < 4.78 is 0. The molecule has 0 saturated carbocycles. The highest BCUT2D eigenvalue weighted by molar-refractivity contribution is 5.75. The van der Waals surface area contributed by atoms with Crippen molar-refractivity contribution in [1.29, 1.82) is 0 Å². The van der Waals surface area contributed by atoms with E-state index in [9.17, 15) is 4.79 Å². The summed E-state index contributed by atoms with van der Waals surface area (Å²) >= 11 is 0. The predicted octanol–water partition coefficient (Wildman–Crippen LogP) is 1.16. The number of carbonyl (C=O) groups excluding carboxylic acids is 1. The van der Waals surface area contributed by atoms with Gasteiger partial charge in [-0.2, -0.15) is 0 Å². The Balaban J connectivity index is 1.59. The molecule has 2 rings (SSSR count). The standard InChI is InChI=1S/C17H28N4O/c1-15(21-12-10-20(2)11-13-21)5-6-17(22)19-9-7-16-4-3-8-18-14-16/h3-4,8,14-15H,5-7,9-13H2,1-2H3,(H,19,22). The first-order chi connectivity index (χ1) is 10.6. The first-order valence-corrected chi connectivity index (χ1v) is 8.23. The summed E-state index contributed by atoms with van der Waals surface area (Å²) in [6, 6.07) is 4.45. The van der Waals surface area contributed by atoms with Crippen LogP contribution in [0.25, 0.3) is 0 Å². The Morgan fingerprint density at radius 1 is 1.36 bits per heavy atom. The SMILES string of the molecule is CC(CCC(=O)NCCc1cccnc1)N1CCN(C)CC1. The van der Waals surface area contributed by atoms with Crippen molar-refractivity contribution in [3.8, 4) is 0 Å². The molecule has 22 heavy (non-hydrogen) atoms. The van der Waals surface area contributed by atoms with Crippen molar-refractivity contribution < 1.29 is 4.79 Å². The van der Waals surface area contributed by atoms with Gasteiger partial charge in [-0.15, -0.1) is 0 Å². The van der Waals surface area contributed by atoms with Gasteiger partial charge in [-0.1, -0.05) is 6.07 Å². The first kappa shape index (κ1) is 16.9. The van der Waals surface area contributed by atoms with E-state index in [1.54, 1.807) is 6.20 Å². The molecule has 1 fully saturated rings. The van der Waals surface area contributed by atoms with Crippen LogP contribution < -0.4 is 5.32 Å². The predicted molar refractivity (Wildman–Crippen MR) is 88.7 cm³/mol. The number of nitrogens with one attached hydrogen (secondary N) is 1. The second-order valence-corrected chi connectivity index (χ2v) is 6.19. The Hall–Kier alpha value is -1.46. The average Bonchev–Trinajstić information content (AvgIpc) is 2.54. The van der Waals surface area contributed by atoms with Crippen LogP contribution in [-0.4, -0.2) is 66.5 Å². The molecule has 122 valence electrons. The fraction of sp³-hybridized carbons (Fsp3) is 0.647. The lowest BCUT2D eigenvalue weighted by Crippen LogP contribution is -2.48. The zero-order chi connectivity index (χ0) is 15.8. The van der Waals surface area contributed by atoms with Crippen LogP contribution in [-0.2, 0) is 11.2 Å². The zero-order valence-corrected chi connectivity index (χ0v) is 13.8. The summed E-state index contributed by atoms with van der Waals surface area (Å²) in [6.45, 7) is 7.39. The fourth-order valence-electron chi connectivity index (χ4n) is 2.77. The molecule has 0 radical (unpaired) electrons. The lowest BCUT2D eigenvalue weighted by Gasteiger charge is -2.36. The van der Waals surface area contributed by atoms with Crippen molar-refractivity contribution in [2.24, 2.45) is 0 Å². The van der Waals surface area contributed by atoms with Gasteiger partial charge in [-0.3, -0.25) is 14.7 Å². The third kappa shape index (κ3) is 5.73. The number of hydrogen-bond donors (Lipinski definition) is 1. The number of carbonyl (C=O) groups is 1. The topological polar surface area (TPSA) is 48.5 Å². The van der Waals surface area contributed by atoms with Crippen molar-refractivity contribution in [2.75, 3.05) is 39.8 Å². The van der Waals surface area contributed by atoms with E-state index in [-0.39, 0.29) is 5.91 Å². The molecule has 1 unspecified atom stereocenters. The Morgan fingerprint density at radius 3 is 2.82 bits per heavy atom. The van der Waals surface area contributed by atoms with Crippen molar-refractivity contribution in [3.05, 3.63) is 30.1 Å². The maximum atomic E-state index is 11.9. The number of aromatic nitrogens is 1. The highest BCUT2D eigenvalue weighted by atomic mass is 16.1. The van der Waals surface area contributed by atoms with Crippen LogP contribution in [0.3, 0.4) is 0 Å². The van der Waals surface area contributed by atoms with Crippen LogP contribution >= 0.6 is 0 Å². The van der Waals surface area contributed by atoms with Crippen LogP contribution in [0.5, 0.6) is 0 Å². The number of nitrogens with zero attached hydrogens (tertiary/aromatic N) is 3. The molecule has 1 N–H and O–H groups in total. The molecule has 5 heteroatoms. The Bertz CT molecular complexity index is 443. The smallest absolute Gasteiger partial charge is 0.220 e. The third-order valence-electron chi connectivity index (χ3n) is 4.41. The highest BCUT2D eigenvalue weighted by Crippen LogP contribution is 2.09. The van der Waals surface area contributed by atoms with Crippen molar-refractivity contribution in [2.45, 2.75) is 32.2 Å². The van der Waals surface area contributed by atoms with Crippen LogP contribution in [0.1, 0.15) is 25.3 Å². The quantitative estimate of drug-likeness (QED) is 0.821. The molecule has 1 atom stereocenters. The van der Waals surface area contributed by atoms with E-state index in [4.69, 9.17) is 0 Å². The van der Waals surface area contributed by atoms with Gasteiger partial charge in [-0.25, -0.2) is 0 Å². The molecule has 5 nitrogen and oxygen atoms in total. The van der Waals surface area contributed by atoms with Gasteiger partial charge < -0.3 is 10.2 Å². The van der Waals surface area contributed by atoms with E-state index in [0.717, 1.165) is 44.6 Å². The number of piperazine rings is 1. The van der Waals surface area contributed by atoms with Gasteiger partial charge in [-0.05, 0) is 38.4 Å². The third-order valence-corrected chi connectivity index (χ3v) is 4.41. The number of likely N-dealkylation sites (N-methyl/N-ethyl adjacent to an activating group) is 1. The summed E-state index contributed by atoms with van der Waals surface area (Å²) in [5.41, 5.74) is 1.16. The number of hydrogen-bond acceptors (Lipinski definition) is 4. The van der Waals surface area contributed by atoms with E-state index in [1.165, 1.54) is 0 Å². The summed E-state index contributed by atoms with van der Waals surface area (Å²) in [4.78, 5) is 20.8. The van der Waals surface area contributed by atoms with Gasteiger partial charge in [0.2, 0.25) is 5.91 Å². The average molecular weight is 304 g/mol. The summed E-state index contributed by atoms with van der Waals surface area (Å²) in [7, 11) is 2.16. The number of rotatable bonds is 7. The van der Waals surface area contributed by atoms with Gasteiger partial charge in [0.15, 0.2) is 0 Å². The molecule has 1 saturated heterocycles. The van der Waals surface area contributed by atoms with E-state index >= 15 is 0 Å². The maximum Gasteiger partial charge on any atom is 0.220 e. The van der Waals surface area contributed by atoms with Gasteiger partial charge >= 0.3 is 0 Å². The molecular weight excluding hydrogens is 276 g/mol. The highest BCUT2D eigenvalue weighted by Gasteiger charge is 2.19. The minimum atomic E-state index is 0.157. The second-order valence-electron chi connectivity index (χ2n) is 6.19. The lowest BCUT2D eigenvalue weighted by molar-refractivity contribution is -0.121. The van der Waals surface area contributed by atoms with Gasteiger partial charge in [0.1, 0.15) is 0 Å². The zero-order valence-electron chi connectivity index (χ0n) is 13.8. The largest absolute Gasteiger partial charge is 0.356 e. The fourth-order valence-corrected chi connectivity index (χ4v) is 2.77. The molecule has 1 aliphatic rings. The summed E-state index contributed by atoms with van der Waals surface area (Å²) in [5.74, 6) is 0.157.